The highest BCUT2D eigenvalue weighted by Gasteiger charge is 2.11. The van der Waals surface area contributed by atoms with Gasteiger partial charge in [0, 0.05) is 14.1 Å². The van der Waals surface area contributed by atoms with Crippen molar-refractivity contribution in [2.75, 3.05) is 20.7 Å². The minimum Gasteiger partial charge on any atom is -0.489 e. The van der Waals surface area contributed by atoms with Crippen molar-refractivity contribution in [1.29, 1.82) is 0 Å². The van der Waals surface area contributed by atoms with Gasteiger partial charge in [-0.3, -0.25) is 9.59 Å². The molecular weight excluding hydrogens is 324 g/mol. The SMILES string of the molecule is Cc1noc(C)c1COc1ccc(CC(=O)OCC(=O)N(C)C)cc1. The quantitative estimate of drug-likeness (QED) is 0.714. The van der Waals surface area contributed by atoms with Crippen LogP contribution in [0.15, 0.2) is 28.8 Å². The second-order valence-corrected chi connectivity index (χ2v) is 5.86. The van der Waals surface area contributed by atoms with E-state index in [-0.39, 0.29) is 18.9 Å². The molecule has 25 heavy (non-hydrogen) atoms. The molecule has 0 saturated heterocycles. The monoisotopic (exact) mass is 346 g/mol. The van der Waals surface area contributed by atoms with Gasteiger partial charge < -0.3 is 18.9 Å². The maximum absolute atomic E-state index is 11.7. The Labute approximate surface area is 146 Å². The van der Waals surface area contributed by atoms with Gasteiger partial charge in [0.15, 0.2) is 6.61 Å². The molecule has 134 valence electrons. The first-order valence-corrected chi connectivity index (χ1v) is 7.86. The summed E-state index contributed by atoms with van der Waals surface area (Å²) in [6.45, 7) is 3.83. The molecule has 0 saturated carbocycles. The molecule has 7 heteroatoms. The number of benzene rings is 1. The molecule has 0 atom stereocenters. The topological polar surface area (TPSA) is 81.9 Å². The van der Waals surface area contributed by atoms with Gasteiger partial charge in [0.05, 0.1) is 17.7 Å². The van der Waals surface area contributed by atoms with Crippen LogP contribution in [-0.2, 0) is 27.4 Å². The number of rotatable bonds is 7. The number of likely N-dealkylation sites (N-methyl/N-ethyl adjacent to an activating group) is 1. The number of amides is 1. The summed E-state index contributed by atoms with van der Waals surface area (Å²) in [5.74, 6) is 0.722. The summed E-state index contributed by atoms with van der Waals surface area (Å²) in [5.41, 5.74) is 2.52. The third-order valence-corrected chi connectivity index (χ3v) is 3.69. The van der Waals surface area contributed by atoms with Crippen LogP contribution in [0.3, 0.4) is 0 Å². The lowest BCUT2D eigenvalue weighted by molar-refractivity contribution is -0.150. The molecular formula is C18H22N2O5. The lowest BCUT2D eigenvalue weighted by Crippen LogP contribution is -2.27. The molecule has 1 aromatic heterocycles. The number of aromatic nitrogens is 1. The molecule has 7 nitrogen and oxygen atoms in total. The molecule has 0 spiro atoms. The molecule has 1 heterocycles. The average molecular weight is 346 g/mol. The smallest absolute Gasteiger partial charge is 0.310 e. The van der Waals surface area contributed by atoms with Gasteiger partial charge in [0.1, 0.15) is 18.1 Å². The van der Waals surface area contributed by atoms with Crippen LogP contribution in [0.4, 0.5) is 0 Å². The predicted octanol–water partition coefficient (Wildman–Crippen LogP) is 2.04. The molecule has 0 unspecified atom stereocenters. The van der Waals surface area contributed by atoms with E-state index in [2.05, 4.69) is 5.16 Å². The van der Waals surface area contributed by atoms with Crippen LogP contribution in [0.25, 0.3) is 0 Å². The number of hydrogen-bond donors (Lipinski definition) is 0. The van der Waals surface area contributed by atoms with E-state index < -0.39 is 5.97 Å². The highest BCUT2D eigenvalue weighted by molar-refractivity contribution is 5.80. The normalized spacial score (nSPS) is 10.4. The number of carbonyl (C=O) groups excluding carboxylic acids is 2. The van der Waals surface area contributed by atoms with Crippen LogP contribution in [0.1, 0.15) is 22.6 Å². The third kappa shape index (κ3) is 5.34. The van der Waals surface area contributed by atoms with E-state index in [4.69, 9.17) is 14.0 Å². The van der Waals surface area contributed by atoms with Crippen LogP contribution < -0.4 is 4.74 Å². The second-order valence-electron chi connectivity index (χ2n) is 5.86. The van der Waals surface area contributed by atoms with Crippen molar-refractivity contribution in [1.82, 2.24) is 10.1 Å². The van der Waals surface area contributed by atoms with Crippen LogP contribution in [0.2, 0.25) is 0 Å². The summed E-state index contributed by atoms with van der Waals surface area (Å²) in [6, 6.07) is 7.15. The van der Waals surface area contributed by atoms with E-state index in [0.29, 0.717) is 12.4 Å². The number of aryl methyl sites for hydroxylation is 2. The fourth-order valence-corrected chi connectivity index (χ4v) is 2.06. The Balaban J connectivity index is 1.83. The standard InChI is InChI=1S/C18H22N2O5/c1-12-16(13(2)25-19-12)10-23-15-7-5-14(6-8-15)9-18(22)24-11-17(21)20(3)4/h5-8H,9-11H2,1-4H3. The van der Waals surface area contributed by atoms with E-state index >= 15 is 0 Å². The Kier molecular flexibility index (Phi) is 6.16. The zero-order valence-electron chi connectivity index (χ0n) is 14.9. The summed E-state index contributed by atoms with van der Waals surface area (Å²) in [4.78, 5) is 24.5. The molecule has 1 aromatic carbocycles. The first-order chi connectivity index (χ1) is 11.9. The van der Waals surface area contributed by atoms with Crippen molar-refractivity contribution in [3.05, 3.63) is 46.8 Å². The van der Waals surface area contributed by atoms with Crippen LogP contribution in [-0.4, -0.2) is 42.6 Å². The molecule has 0 aliphatic heterocycles. The maximum Gasteiger partial charge on any atom is 0.310 e. The van der Waals surface area contributed by atoms with Crippen molar-refractivity contribution >= 4 is 11.9 Å². The number of hydrogen-bond acceptors (Lipinski definition) is 6. The second kappa shape index (κ2) is 8.32. The predicted molar refractivity (Wildman–Crippen MR) is 90.1 cm³/mol. The van der Waals surface area contributed by atoms with E-state index in [1.54, 1.807) is 38.4 Å². The Hall–Kier alpha value is -2.83. The van der Waals surface area contributed by atoms with Crippen molar-refractivity contribution in [2.45, 2.75) is 26.9 Å². The summed E-state index contributed by atoms with van der Waals surface area (Å²) in [5, 5.41) is 3.88. The molecule has 0 radical (unpaired) electrons. The van der Waals surface area contributed by atoms with Crippen LogP contribution in [0.5, 0.6) is 5.75 Å². The Bertz CT molecular complexity index is 715. The number of ether oxygens (including phenoxy) is 2. The molecule has 0 aliphatic rings. The van der Waals surface area contributed by atoms with Crippen molar-refractivity contribution in [3.63, 3.8) is 0 Å². The summed E-state index contributed by atoms with van der Waals surface area (Å²) in [7, 11) is 3.22. The lowest BCUT2D eigenvalue weighted by Gasteiger charge is -2.10. The third-order valence-electron chi connectivity index (χ3n) is 3.69. The van der Waals surface area contributed by atoms with Gasteiger partial charge in [0.25, 0.3) is 5.91 Å². The zero-order valence-corrected chi connectivity index (χ0v) is 14.9. The van der Waals surface area contributed by atoms with Gasteiger partial charge in [-0.1, -0.05) is 17.3 Å². The van der Waals surface area contributed by atoms with Crippen LogP contribution in [0, 0.1) is 13.8 Å². The fraction of sp³-hybridized carbons (Fsp3) is 0.389. The Morgan fingerprint density at radius 1 is 1.16 bits per heavy atom. The van der Waals surface area contributed by atoms with Crippen molar-refractivity contribution in [2.24, 2.45) is 0 Å². The van der Waals surface area contributed by atoms with Crippen molar-refractivity contribution < 1.29 is 23.6 Å². The van der Waals surface area contributed by atoms with Gasteiger partial charge in [-0.05, 0) is 31.5 Å². The van der Waals surface area contributed by atoms with E-state index in [1.165, 1.54) is 4.90 Å². The Morgan fingerprint density at radius 3 is 2.40 bits per heavy atom. The fourth-order valence-electron chi connectivity index (χ4n) is 2.06. The highest BCUT2D eigenvalue weighted by Crippen LogP contribution is 2.18. The van der Waals surface area contributed by atoms with Crippen LogP contribution >= 0.6 is 0 Å². The average Bonchev–Trinajstić information content (AvgIpc) is 2.90. The summed E-state index contributed by atoms with van der Waals surface area (Å²) >= 11 is 0. The van der Waals surface area contributed by atoms with Gasteiger partial charge in [-0.15, -0.1) is 0 Å². The van der Waals surface area contributed by atoms with Gasteiger partial charge in [0.2, 0.25) is 0 Å². The molecule has 0 aliphatic carbocycles. The van der Waals surface area contributed by atoms with Gasteiger partial charge in [-0.25, -0.2) is 0 Å². The Morgan fingerprint density at radius 2 is 1.84 bits per heavy atom. The van der Waals surface area contributed by atoms with Gasteiger partial charge in [-0.2, -0.15) is 0 Å². The number of nitrogens with zero attached hydrogens (tertiary/aromatic N) is 2. The molecule has 0 bridgehead atoms. The van der Waals surface area contributed by atoms with E-state index in [0.717, 1.165) is 22.6 Å². The number of carbonyl (C=O) groups is 2. The number of esters is 1. The minimum atomic E-state index is -0.445. The highest BCUT2D eigenvalue weighted by atomic mass is 16.5. The first-order valence-electron chi connectivity index (χ1n) is 7.86. The first kappa shape index (κ1) is 18.5. The maximum atomic E-state index is 11.7. The zero-order chi connectivity index (χ0) is 18.4. The van der Waals surface area contributed by atoms with Crippen molar-refractivity contribution in [3.8, 4) is 5.75 Å². The summed E-state index contributed by atoms with van der Waals surface area (Å²) < 4.78 is 15.7. The lowest BCUT2D eigenvalue weighted by atomic mass is 10.1. The molecule has 1 amide bonds. The minimum absolute atomic E-state index is 0.102. The molecule has 2 rings (SSSR count). The summed E-state index contributed by atoms with van der Waals surface area (Å²) in [6.07, 6.45) is 0.102. The van der Waals surface area contributed by atoms with Gasteiger partial charge >= 0.3 is 5.97 Å². The largest absolute Gasteiger partial charge is 0.489 e. The molecule has 0 fully saturated rings. The van der Waals surface area contributed by atoms with E-state index in [1.807, 2.05) is 13.8 Å². The van der Waals surface area contributed by atoms with E-state index in [9.17, 15) is 9.59 Å². The molecule has 0 N–H and O–H groups in total. The molecule has 2 aromatic rings.